The third-order valence-corrected chi connectivity index (χ3v) is 4.60. The first kappa shape index (κ1) is 7.05. The Labute approximate surface area is 73.5 Å². The number of nitrogens with zero attached hydrogens (tertiary/aromatic N) is 2. The average Bonchev–Trinajstić information content (AvgIpc) is 2.82. The van der Waals surface area contributed by atoms with Gasteiger partial charge in [-0.3, -0.25) is 0 Å². The molecule has 0 radical (unpaired) electrons. The lowest BCUT2D eigenvalue weighted by atomic mass is 9.60. The van der Waals surface area contributed by atoms with E-state index in [-0.39, 0.29) is 0 Å². The first-order chi connectivity index (χ1) is 5.67. The number of rotatable bonds is 0. The van der Waals surface area contributed by atoms with Crippen molar-refractivity contribution >= 4 is 0 Å². The second-order valence-corrected chi connectivity index (χ2v) is 5.22. The number of fused-ring (bicyclic) bond motifs is 1. The van der Waals surface area contributed by atoms with Gasteiger partial charge in [-0.15, -0.1) is 0 Å². The first-order valence-corrected chi connectivity index (χ1v) is 5.07. The summed E-state index contributed by atoms with van der Waals surface area (Å²) in [5.41, 5.74) is 1.02. The largest absolute Gasteiger partial charge is 0.190 e. The third kappa shape index (κ3) is 0.560. The van der Waals surface area contributed by atoms with E-state index >= 15 is 0 Å². The van der Waals surface area contributed by atoms with Gasteiger partial charge < -0.3 is 0 Å². The summed E-state index contributed by atoms with van der Waals surface area (Å²) in [5, 5.41) is 8.84. The van der Waals surface area contributed by atoms with Gasteiger partial charge in [0.05, 0.1) is 12.1 Å². The summed E-state index contributed by atoms with van der Waals surface area (Å²) in [6.07, 6.45) is 5.39. The molecule has 2 atom stereocenters. The van der Waals surface area contributed by atoms with E-state index in [4.69, 9.17) is 0 Å². The van der Waals surface area contributed by atoms with Gasteiger partial charge in [0, 0.05) is 5.41 Å². The highest BCUT2D eigenvalue weighted by atomic mass is 15.2. The van der Waals surface area contributed by atoms with E-state index < -0.39 is 0 Å². The van der Waals surface area contributed by atoms with Crippen molar-refractivity contribution < 1.29 is 0 Å². The predicted molar refractivity (Wildman–Crippen MR) is 47.1 cm³/mol. The molecule has 4 rings (SSSR count). The first-order valence-electron chi connectivity index (χ1n) is 5.07. The monoisotopic (exact) mass is 164 g/mol. The van der Waals surface area contributed by atoms with Crippen molar-refractivity contribution in [3.8, 4) is 0 Å². The topological polar surface area (TPSA) is 24.7 Å². The van der Waals surface area contributed by atoms with Crippen LogP contribution in [0, 0.1) is 10.8 Å². The molecule has 0 amide bonds. The Bertz CT molecular complexity index is 237. The fourth-order valence-electron chi connectivity index (χ4n) is 3.36. The molecule has 2 heteroatoms. The number of azo groups is 1. The molecule has 66 valence electrons. The minimum atomic E-state index is 0.442. The molecule has 0 unspecified atom stereocenters. The van der Waals surface area contributed by atoms with Crippen LogP contribution in [0.4, 0.5) is 0 Å². The maximum atomic E-state index is 4.43. The van der Waals surface area contributed by atoms with Crippen LogP contribution in [0.5, 0.6) is 0 Å². The molecule has 0 aromatic rings. The molecule has 1 spiro atoms. The second kappa shape index (κ2) is 1.75. The van der Waals surface area contributed by atoms with Crippen LogP contribution in [0.1, 0.15) is 39.5 Å². The van der Waals surface area contributed by atoms with Gasteiger partial charge in [0.1, 0.15) is 0 Å². The van der Waals surface area contributed by atoms with E-state index in [1.54, 1.807) is 0 Å². The quantitative estimate of drug-likeness (QED) is 0.526. The van der Waals surface area contributed by atoms with Gasteiger partial charge in [-0.1, -0.05) is 13.8 Å². The standard InChI is InChI=1S/C10H16N2/c1-9(2)7-3-4-8(12-11-7)10(9)5-6-10/h7-8H,3-6H2,1-2H3/t7-,8+/m0/s1. The van der Waals surface area contributed by atoms with Gasteiger partial charge in [-0.2, -0.15) is 10.2 Å². The van der Waals surface area contributed by atoms with Crippen molar-refractivity contribution in [2.24, 2.45) is 21.1 Å². The Morgan fingerprint density at radius 3 is 1.92 bits per heavy atom. The molecule has 2 nitrogen and oxygen atoms in total. The fourth-order valence-corrected chi connectivity index (χ4v) is 3.36. The minimum absolute atomic E-state index is 0.442. The van der Waals surface area contributed by atoms with Crippen molar-refractivity contribution in [3.63, 3.8) is 0 Å². The Hall–Kier alpha value is -0.400. The van der Waals surface area contributed by atoms with Gasteiger partial charge >= 0.3 is 0 Å². The molecule has 2 fully saturated rings. The molecule has 0 saturated heterocycles. The highest BCUT2D eigenvalue weighted by Gasteiger charge is 2.65. The molecule has 0 N–H and O–H groups in total. The normalized spacial score (nSPS) is 45.2. The lowest BCUT2D eigenvalue weighted by Gasteiger charge is -2.49. The van der Waals surface area contributed by atoms with Gasteiger partial charge in [-0.25, -0.2) is 0 Å². The van der Waals surface area contributed by atoms with Crippen molar-refractivity contribution in [2.75, 3.05) is 0 Å². The molecule has 2 aliphatic heterocycles. The van der Waals surface area contributed by atoms with Crippen LogP contribution < -0.4 is 0 Å². The van der Waals surface area contributed by atoms with Crippen LogP contribution in [-0.4, -0.2) is 12.1 Å². The van der Waals surface area contributed by atoms with Crippen LogP contribution in [0.15, 0.2) is 10.2 Å². The summed E-state index contributed by atoms with van der Waals surface area (Å²) in [6.45, 7) is 4.80. The third-order valence-electron chi connectivity index (χ3n) is 4.60. The Morgan fingerprint density at radius 1 is 1.00 bits per heavy atom. The fraction of sp³-hybridized carbons (Fsp3) is 1.00. The molecular weight excluding hydrogens is 148 g/mol. The Balaban J connectivity index is 2.10. The van der Waals surface area contributed by atoms with Crippen LogP contribution in [0.2, 0.25) is 0 Å². The highest BCUT2D eigenvalue weighted by Crippen LogP contribution is 2.68. The Kier molecular flexibility index (Phi) is 1.03. The van der Waals surface area contributed by atoms with Crippen LogP contribution in [0.3, 0.4) is 0 Å². The molecule has 2 heterocycles. The molecule has 4 aliphatic rings. The summed E-state index contributed by atoms with van der Waals surface area (Å²) in [6, 6.07) is 1.11. The van der Waals surface area contributed by atoms with Crippen LogP contribution in [-0.2, 0) is 0 Å². The van der Waals surface area contributed by atoms with Crippen molar-refractivity contribution in [2.45, 2.75) is 51.6 Å². The smallest absolute Gasteiger partial charge is 0.0771 e. The molecule has 0 aromatic heterocycles. The van der Waals surface area contributed by atoms with Crippen LogP contribution >= 0.6 is 0 Å². The van der Waals surface area contributed by atoms with E-state index in [2.05, 4.69) is 24.1 Å². The molecule has 2 bridgehead atoms. The Morgan fingerprint density at radius 2 is 1.58 bits per heavy atom. The molecule has 2 saturated carbocycles. The maximum absolute atomic E-state index is 4.43. The zero-order chi connectivity index (χ0) is 8.40. The highest BCUT2D eigenvalue weighted by molar-refractivity contribution is 5.18. The summed E-state index contributed by atoms with van der Waals surface area (Å²) < 4.78 is 0. The number of hydrogen-bond acceptors (Lipinski definition) is 2. The van der Waals surface area contributed by atoms with E-state index in [0.717, 1.165) is 0 Å². The lowest BCUT2D eigenvalue weighted by molar-refractivity contribution is 0.0342. The second-order valence-electron chi connectivity index (χ2n) is 5.22. The van der Waals surface area contributed by atoms with Gasteiger partial charge in [-0.05, 0) is 31.1 Å². The number of hydrogen-bond donors (Lipinski definition) is 0. The van der Waals surface area contributed by atoms with E-state index in [1.807, 2.05) is 0 Å². The van der Waals surface area contributed by atoms with Crippen molar-refractivity contribution in [3.05, 3.63) is 0 Å². The maximum Gasteiger partial charge on any atom is 0.0771 e. The predicted octanol–water partition coefficient (Wildman–Crippen LogP) is 2.79. The van der Waals surface area contributed by atoms with Crippen LogP contribution in [0.25, 0.3) is 0 Å². The van der Waals surface area contributed by atoms with Crippen molar-refractivity contribution in [1.82, 2.24) is 0 Å². The summed E-state index contributed by atoms with van der Waals surface area (Å²) >= 11 is 0. The molecular formula is C10H16N2. The van der Waals surface area contributed by atoms with Crippen molar-refractivity contribution in [1.29, 1.82) is 0 Å². The molecule has 12 heavy (non-hydrogen) atoms. The minimum Gasteiger partial charge on any atom is -0.190 e. The van der Waals surface area contributed by atoms with Gasteiger partial charge in [0.25, 0.3) is 0 Å². The zero-order valence-electron chi connectivity index (χ0n) is 7.88. The average molecular weight is 164 g/mol. The zero-order valence-corrected chi connectivity index (χ0v) is 7.88. The molecule has 2 aliphatic carbocycles. The van der Waals surface area contributed by atoms with Gasteiger partial charge in [0.15, 0.2) is 0 Å². The summed E-state index contributed by atoms with van der Waals surface area (Å²) in [7, 11) is 0. The van der Waals surface area contributed by atoms with E-state index in [0.29, 0.717) is 22.9 Å². The van der Waals surface area contributed by atoms with Gasteiger partial charge in [0.2, 0.25) is 0 Å². The summed E-state index contributed by atoms with van der Waals surface area (Å²) in [5.74, 6) is 0. The SMILES string of the molecule is CC1(C)[C@@H]2CC[C@@H](N=N2)C12CC2. The van der Waals surface area contributed by atoms with E-state index in [9.17, 15) is 0 Å². The summed E-state index contributed by atoms with van der Waals surface area (Å²) in [4.78, 5) is 0. The lowest BCUT2D eigenvalue weighted by Crippen LogP contribution is -2.50. The molecule has 0 aromatic carbocycles. The van der Waals surface area contributed by atoms with E-state index in [1.165, 1.54) is 25.7 Å².